The molecule has 0 aliphatic heterocycles. The summed E-state index contributed by atoms with van der Waals surface area (Å²) in [6, 6.07) is 17.4. The Hall–Kier alpha value is -3.49. The molecule has 0 fully saturated rings. The zero-order valence-corrected chi connectivity index (χ0v) is 18.5. The van der Waals surface area contributed by atoms with E-state index in [0.717, 1.165) is 11.1 Å². The van der Waals surface area contributed by atoms with E-state index in [1.165, 1.54) is 22.9 Å². The van der Waals surface area contributed by atoms with Crippen LogP contribution in [0, 0.1) is 5.82 Å². The number of halogens is 1. The Kier molecular flexibility index (Phi) is 6.86. The van der Waals surface area contributed by atoms with E-state index in [2.05, 4.69) is 5.10 Å². The van der Waals surface area contributed by atoms with E-state index in [9.17, 15) is 19.1 Å². The van der Waals surface area contributed by atoms with Crippen LogP contribution in [-0.4, -0.2) is 38.0 Å². The summed E-state index contributed by atoms with van der Waals surface area (Å²) >= 11 is 0. The smallest absolute Gasteiger partial charge is 0.276 e. The highest BCUT2D eigenvalue weighted by molar-refractivity contribution is 5.80. The predicted molar refractivity (Wildman–Crippen MR) is 126 cm³/mol. The fourth-order valence-corrected chi connectivity index (χ4v) is 4.13. The molecule has 0 aliphatic rings. The van der Waals surface area contributed by atoms with Crippen molar-refractivity contribution in [1.82, 2.24) is 19.2 Å². The SMILES string of the molecule is CN(Cc1cccc(F)c1)Cc1c2c(=O)n(Cc3ccccc3)[nH]c2cc(=O)n1CCCO. The van der Waals surface area contributed by atoms with E-state index in [0.29, 0.717) is 49.2 Å². The summed E-state index contributed by atoms with van der Waals surface area (Å²) in [7, 11) is 1.86. The lowest BCUT2D eigenvalue weighted by Gasteiger charge is -2.20. The van der Waals surface area contributed by atoms with Crippen LogP contribution in [0.25, 0.3) is 10.9 Å². The van der Waals surface area contributed by atoms with Gasteiger partial charge in [0, 0.05) is 32.3 Å². The molecular formula is C25H27FN4O3. The van der Waals surface area contributed by atoms with E-state index >= 15 is 0 Å². The third-order valence-electron chi connectivity index (χ3n) is 5.62. The molecule has 0 atom stereocenters. The molecule has 0 aliphatic carbocycles. The minimum atomic E-state index is -0.308. The van der Waals surface area contributed by atoms with Gasteiger partial charge in [0.1, 0.15) is 5.82 Å². The number of aromatic amines is 1. The second-order valence-corrected chi connectivity index (χ2v) is 8.24. The van der Waals surface area contributed by atoms with Crippen LogP contribution in [0.4, 0.5) is 4.39 Å². The summed E-state index contributed by atoms with van der Waals surface area (Å²) in [4.78, 5) is 28.2. The lowest BCUT2D eigenvalue weighted by molar-refractivity contribution is 0.273. The summed E-state index contributed by atoms with van der Waals surface area (Å²) in [6.07, 6.45) is 0.397. The number of hydrogen-bond donors (Lipinski definition) is 2. The van der Waals surface area contributed by atoms with Crippen LogP contribution >= 0.6 is 0 Å². The van der Waals surface area contributed by atoms with Gasteiger partial charge in [-0.1, -0.05) is 42.5 Å². The number of aromatic nitrogens is 3. The van der Waals surface area contributed by atoms with Gasteiger partial charge in [-0.25, -0.2) is 9.07 Å². The molecule has 8 heteroatoms. The van der Waals surface area contributed by atoms with Gasteiger partial charge in [-0.2, -0.15) is 0 Å². The highest BCUT2D eigenvalue weighted by Gasteiger charge is 2.18. The minimum absolute atomic E-state index is 0.0611. The molecule has 0 unspecified atom stereocenters. The lowest BCUT2D eigenvalue weighted by atomic mass is 10.1. The largest absolute Gasteiger partial charge is 0.396 e. The highest BCUT2D eigenvalue weighted by Crippen LogP contribution is 2.17. The van der Waals surface area contributed by atoms with Crippen LogP contribution in [0.1, 0.15) is 23.2 Å². The number of aliphatic hydroxyl groups excluding tert-OH is 1. The van der Waals surface area contributed by atoms with E-state index in [1.807, 2.05) is 48.3 Å². The summed E-state index contributed by atoms with van der Waals surface area (Å²) in [5.74, 6) is -0.308. The quantitative estimate of drug-likeness (QED) is 0.411. The maximum Gasteiger partial charge on any atom is 0.276 e. The van der Waals surface area contributed by atoms with Crippen LogP contribution in [-0.2, 0) is 26.2 Å². The number of benzene rings is 2. The zero-order valence-electron chi connectivity index (χ0n) is 18.5. The second kappa shape index (κ2) is 9.97. The Balaban J connectivity index is 1.75. The minimum Gasteiger partial charge on any atom is -0.396 e. The monoisotopic (exact) mass is 450 g/mol. The van der Waals surface area contributed by atoms with Crippen molar-refractivity contribution in [3.05, 3.63) is 104 Å². The number of hydrogen-bond acceptors (Lipinski definition) is 4. The molecule has 0 saturated heterocycles. The van der Waals surface area contributed by atoms with Gasteiger partial charge in [0.15, 0.2) is 0 Å². The van der Waals surface area contributed by atoms with Crippen molar-refractivity contribution in [3.8, 4) is 0 Å². The number of H-pyrrole nitrogens is 1. The summed E-state index contributed by atoms with van der Waals surface area (Å²) in [5.41, 5.74) is 2.38. The van der Waals surface area contributed by atoms with Gasteiger partial charge in [0.2, 0.25) is 0 Å². The molecule has 172 valence electrons. The van der Waals surface area contributed by atoms with Gasteiger partial charge in [-0.3, -0.25) is 19.6 Å². The van der Waals surface area contributed by atoms with Gasteiger partial charge < -0.3 is 9.67 Å². The van der Waals surface area contributed by atoms with E-state index < -0.39 is 0 Å². The highest BCUT2D eigenvalue weighted by atomic mass is 19.1. The molecule has 0 saturated carbocycles. The Morgan fingerprint density at radius 1 is 1.00 bits per heavy atom. The van der Waals surface area contributed by atoms with Gasteiger partial charge in [0.05, 0.1) is 23.1 Å². The van der Waals surface area contributed by atoms with Crippen LogP contribution in [0.5, 0.6) is 0 Å². The molecule has 7 nitrogen and oxygen atoms in total. The molecule has 33 heavy (non-hydrogen) atoms. The van der Waals surface area contributed by atoms with E-state index in [1.54, 1.807) is 10.6 Å². The summed E-state index contributed by atoms with van der Waals surface area (Å²) in [6.45, 7) is 1.36. The third-order valence-corrected chi connectivity index (χ3v) is 5.62. The van der Waals surface area contributed by atoms with Crippen molar-refractivity contribution < 1.29 is 9.50 Å². The van der Waals surface area contributed by atoms with Gasteiger partial charge in [-0.15, -0.1) is 0 Å². The van der Waals surface area contributed by atoms with Gasteiger partial charge in [0.25, 0.3) is 11.1 Å². The fourth-order valence-electron chi connectivity index (χ4n) is 4.13. The molecule has 0 radical (unpaired) electrons. The average Bonchev–Trinajstić information content (AvgIpc) is 3.08. The van der Waals surface area contributed by atoms with E-state index in [4.69, 9.17) is 0 Å². The first kappa shape index (κ1) is 22.7. The van der Waals surface area contributed by atoms with Crippen molar-refractivity contribution in [1.29, 1.82) is 0 Å². The molecule has 4 aromatic rings. The van der Waals surface area contributed by atoms with E-state index in [-0.39, 0.29) is 23.5 Å². The molecule has 2 aromatic carbocycles. The fraction of sp³-hybridized carbons (Fsp3) is 0.280. The standard InChI is InChI=1S/C25H27FN4O3/c1-28(15-19-9-5-10-20(26)13-19)17-22-24-21(14-23(32)29(22)11-6-12-31)27-30(25(24)33)16-18-7-3-2-4-8-18/h2-5,7-10,13-14,27,31H,6,11-12,15-17H2,1H3. The van der Waals surface area contributed by atoms with Crippen molar-refractivity contribution in [3.63, 3.8) is 0 Å². The third kappa shape index (κ3) is 5.13. The number of nitrogens with one attached hydrogen (secondary N) is 1. The van der Waals surface area contributed by atoms with Gasteiger partial charge in [-0.05, 0) is 36.7 Å². The second-order valence-electron chi connectivity index (χ2n) is 8.24. The Morgan fingerprint density at radius 2 is 1.76 bits per heavy atom. The van der Waals surface area contributed by atoms with Crippen LogP contribution < -0.4 is 11.1 Å². The Morgan fingerprint density at radius 3 is 2.48 bits per heavy atom. The molecule has 4 rings (SSSR count). The molecule has 0 amide bonds. The molecule has 2 heterocycles. The van der Waals surface area contributed by atoms with Crippen molar-refractivity contribution >= 4 is 10.9 Å². The first-order valence-electron chi connectivity index (χ1n) is 10.9. The summed E-state index contributed by atoms with van der Waals surface area (Å²) < 4.78 is 16.7. The number of nitrogens with zero attached hydrogens (tertiary/aromatic N) is 3. The van der Waals surface area contributed by atoms with Crippen molar-refractivity contribution in [2.75, 3.05) is 13.7 Å². The van der Waals surface area contributed by atoms with Gasteiger partial charge >= 0.3 is 0 Å². The van der Waals surface area contributed by atoms with Crippen molar-refractivity contribution in [2.45, 2.75) is 32.6 Å². The number of rotatable bonds is 9. The molecular weight excluding hydrogens is 423 g/mol. The van der Waals surface area contributed by atoms with Crippen LogP contribution in [0.2, 0.25) is 0 Å². The average molecular weight is 451 g/mol. The number of aliphatic hydroxyl groups is 1. The van der Waals surface area contributed by atoms with Crippen LogP contribution in [0.3, 0.4) is 0 Å². The van der Waals surface area contributed by atoms with Crippen molar-refractivity contribution in [2.24, 2.45) is 0 Å². The maximum absolute atomic E-state index is 13.6. The van der Waals surface area contributed by atoms with Crippen LogP contribution in [0.15, 0.2) is 70.3 Å². The first-order valence-corrected chi connectivity index (χ1v) is 10.9. The predicted octanol–water partition coefficient (Wildman–Crippen LogP) is 2.69. The topological polar surface area (TPSA) is 83.3 Å². The Bertz CT molecular complexity index is 1360. The molecule has 0 bridgehead atoms. The molecule has 2 aromatic heterocycles. The Labute approximate surface area is 190 Å². The number of fused-ring (bicyclic) bond motifs is 1. The zero-order chi connectivity index (χ0) is 23.4. The maximum atomic E-state index is 13.6. The first-order chi connectivity index (χ1) is 16.0. The normalized spacial score (nSPS) is 11.5. The lowest BCUT2D eigenvalue weighted by Crippen LogP contribution is -2.29. The number of pyridine rings is 1. The molecule has 2 N–H and O–H groups in total. The summed E-state index contributed by atoms with van der Waals surface area (Å²) in [5, 5.41) is 12.8. The molecule has 0 spiro atoms.